The maximum Gasteiger partial charge on any atom is 0.261 e. The number of aromatic nitrogens is 3. The van der Waals surface area contributed by atoms with E-state index >= 15 is 0 Å². The van der Waals surface area contributed by atoms with Gasteiger partial charge < -0.3 is 25.1 Å². The number of nitrogens with zero attached hydrogens (tertiary/aromatic N) is 3. The minimum Gasteiger partial charge on any atom is -0.380 e. The lowest BCUT2D eigenvalue weighted by Gasteiger charge is -2.34. The summed E-state index contributed by atoms with van der Waals surface area (Å²) in [7, 11) is 2.16. The Morgan fingerprint density at radius 2 is 1.93 bits per heavy atom. The third-order valence-electron chi connectivity index (χ3n) is 6.11. The Hall–Kier alpha value is -2.84. The largest absolute Gasteiger partial charge is 0.380 e. The maximum atomic E-state index is 13.0. The van der Waals surface area contributed by atoms with E-state index in [2.05, 4.69) is 50.3 Å². The Balaban J connectivity index is 1.44. The molecule has 2 fully saturated rings. The van der Waals surface area contributed by atoms with Gasteiger partial charge >= 0.3 is 0 Å². The lowest BCUT2D eigenvalue weighted by atomic mass is 10.2. The van der Waals surface area contributed by atoms with Crippen LogP contribution in [0.5, 0.6) is 0 Å². The van der Waals surface area contributed by atoms with Crippen molar-refractivity contribution < 1.29 is 0 Å². The topological polar surface area (TPSA) is 80.0 Å². The van der Waals surface area contributed by atoms with Gasteiger partial charge in [-0.3, -0.25) is 4.79 Å². The Kier molecular flexibility index (Phi) is 4.10. The number of likely N-dealkylation sites (N-methyl/N-ethyl adjacent to an activating group) is 1. The first-order valence-electron chi connectivity index (χ1n) is 10.5. The van der Waals surface area contributed by atoms with Gasteiger partial charge in [0.25, 0.3) is 5.56 Å². The first kappa shape index (κ1) is 18.0. The van der Waals surface area contributed by atoms with Crippen LogP contribution in [0.2, 0.25) is 0 Å². The van der Waals surface area contributed by atoms with Crippen molar-refractivity contribution in [3.05, 3.63) is 40.0 Å². The highest BCUT2D eigenvalue weighted by atomic mass is 32.1. The van der Waals surface area contributed by atoms with E-state index in [1.807, 2.05) is 11.4 Å². The Morgan fingerprint density at radius 1 is 1.10 bits per heavy atom. The summed E-state index contributed by atoms with van der Waals surface area (Å²) in [4.78, 5) is 29.0. The molecule has 1 aliphatic heterocycles. The average molecular weight is 421 g/mol. The third-order valence-corrected chi connectivity index (χ3v) is 7.05. The summed E-state index contributed by atoms with van der Waals surface area (Å²) in [5.41, 5.74) is 5.33. The molecule has 6 rings (SSSR count). The fourth-order valence-electron chi connectivity index (χ4n) is 4.19. The maximum absolute atomic E-state index is 13.0. The van der Waals surface area contributed by atoms with Crippen LogP contribution in [-0.4, -0.2) is 59.1 Å². The summed E-state index contributed by atoms with van der Waals surface area (Å²) in [5, 5.41) is 5.60. The number of thiophene rings is 1. The number of aromatic amines is 2. The second-order valence-electron chi connectivity index (χ2n) is 8.36. The van der Waals surface area contributed by atoms with E-state index < -0.39 is 0 Å². The summed E-state index contributed by atoms with van der Waals surface area (Å²) in [6.45, 7) is 4.18. The van der Waals surface area contributed by atoms with Crippen molar-refractivity contribution in [2.75, 3.05) is 43.4 Å². The number of anilines is 2. The van der Waals surface area contributed by atoms with Gasteiger partial charge in [0.05, 0.1) is 26.9 Å². The van der Waals surface area contributed by atoms with Gasteiger partial charge in [0, 0.05) is 37.9 Å². The quantitative estimate of drug-likeness (QED) is 0.471. The molecule has 4 heterocycles. The molecule has 1 saturated carbocycles. The summed E-state index contributed by atoms with van der Waals surface area (Å²) >= 11 is 1.64. The number of nitrogens with one attached hydrogen (secondary N) is 3. The first-order valence-corrected chi connectivity index (χ1v) is 11.4. The van der Waals surface area contributed by atoms with Crippen molar-refractivity contribution in [3.8, 4) is 11.4 Å². The molecule has 1 saturated heterocycles. The fourth-order valence-corrected chi connectivity index (χ4v) is 5.05. The number of rotatable bonds is 4. The van der Waals surface area contributed by atoms with Crippen LogP contribution in [0.3, 0.4) is 0 Å². The van der Waals surface area contributed by atoms with Crippen molar-refractivity contribution in [1.82, 2.24) is 19.9 Å². The van der Waals surface area contributed by atoms with Gasteiger partial charge in [0.2, 0.25) is 0 Å². The number of benzene rings is 1. The number of hydrogen-bond donors (Lipinski definition) is 3. The van der Waals surface area contributed by atoms with Crippen LogP contribution in [0.25, 0.3) is 32.6 Å². The highest BCUT2D eigenvalue weighted by molar-refractivity contribution is 7.17. The molecule has 0 unspecified atom stereocenters. The number of fused-ring (bicyclic) bond motifs is 2. The molecule has 8 heteroatoms. The molecule has 0 radical (unpaired) electrons. The van der Waals surface area contributed by atoms with Gasteiger partial charge in [0.1, 0.15) is 11.4 Å². The molecule has 1 aromatic carbocycles. The molecule has 0 bridgehead atoms. The third kappa shape index (κ3) is 3.07. The molecule has 0 spiro atoms. The van der Waals surface area contributed by atoms with Crippen LogP contribution in [0.4, 0.5) is 11.4 Å². The lowest BCUT2D eigenvalue weighted by Crippen LogP contribution is -2.44. The van der Waals surface area contributed by atoms with Crippen molar-refractivity contribution in [3.63, 3.8) is 0 Å². The molecule has 7 nitrogen and oxygen atoms in total. The lowest BCUT2D eigenvalue weighted by molar-refractivity contribution is 0.313. The highest BCUT2D eigenvalue weighted by Crippen LogP contribution is 2.37. The summed E-state index contributed by atoms with van der Waals surface area (Å²) < 4.78 is 1.08. The Morgan fingerprint density at radius 3 is 2.73 bits per heavy atom. The normalized spacial score (nSPS) is 17.8. The Bertz CT molecular complexity index is 1290. The fraction of sp³-hybridized carbons (Fsp3) is 0.364. The van der Waals surface area contributed by atoms with E-state index in [4.69, 9.17) is 4.98 Å². The van der Waals surface area contributed by atoms with Gasteiger partial charge in [-0.15, -0.1) is 11.3 Å². The van der Waals surface area contributed by atoms with E-state index in [-0.39, 0.29) is 5.56 Å². The molecule has 0 amide bonds. The zero-order valence-electron chi connectivity index (χ0n) is 16.9. The molecular weight excluding hydrogens is 396 g/mol. The van der Waals surface area contributed by atoms with Gasteiger partial charge in [0.15, 0.2) is 0 Å². The van der Waals surface area contributed by atoms with Crippen molar-refractivity contribution in [1.29, 1.82) is 0 Å². The van der Waals surface area contributed by atoms with Crippen molar-refractivity contribution in [2.45, 2.75) is 18.9 Å². The first-order chi connectivity index (χ1) is 14.7. The van der Waals surface area contributed by atoms with Crippen LogP contribution in [0.1, 0.15) is 12.8 Å². The van der Waals surface area contributed by atoms with E-state index in [9.17, 15) is 4.79 Å². The number of piperazine rings is 1. The van der Waals surface area contributed by atoms with Crippen LogP contribution >= 0.6 is 11.3 Å². The zero-order valence-corrected chi connectivity index (χ0v) is 17.7. The van der Waals surface area contributed by atoms with Crippen molar-refractivity contribution in [2.24, 2.45) is 0 Å². The standard InChI is InChI=1S/C22H24N6OS/c1-27-7-9-28(10-8-27)14-4-5-15-17(12-14)25-21(24-15)18-19(23-13-2-3-13)20-16(6-11-30-20)26-22(18)29/h4-6,11-13H,2-3,7-10H2,1H3,(H,24,25)(H2,23,26,29). The smallest absolute Gasteiger partial charge is 0.261 e. The zero-order chi connectivity index (χ0) is 20.2. The molecular formula is C22H24N6OS. The molecule has 154 valence electrons. The van der Waals surface area contributed by atoms with Crippen LogP contribution in [-0.2, 0) is 0 Å². The predicted molar refractivity (Wildman–Crippen MR) is 124 cm³/mol. The van der Waals surface area contributed by atoms with E-state index in [0.29, 0.717) is 17.4 Å². The molecule has 3 N–H and O–H groups in total. The predicted octanol–water partition coefficient (Wildman–Crippen LogP) is 3.46. The van der Waals surface area contributed by atoms with E-state index in [0.717, 1.165) is 66.0 Å². The molecule has 3 aromatic heterocycles. The van der Waals surface area contributed by atoms with Crippen LogP contribution in [0.15, 0.2) is 34.4 Å². The summed E-state index contributed by atoms with van der Waals surface area (Å²) in [6.07, 6.45) is 2.29. The molecule has 2 aliphatic rings. The summed E-state index contributed by atoms with van der Waals surface area (Å²) in [6, 6.07) is 8.75. The highest BCUT2D eigenvalue weighted by Gasteiger charge is 2.26. The van der Waals surface area contributed by atoms with E-state index in [1.54, 1.807) is 11.3 Å². The monoisotopic (exact) mass is 420 g/mol. The van der Waals surface area contributed by atoms with E-state index in [1.165, 1.54) is 5.69 Å². The second-order valence-corrected chi connectivity index (χ2v) is 9.28. The number of pyridine rings is 1. The van der Waals surface area contributed by atoms with Crippen LogP contribution in [0, 0.1) is 0 Å². The molecule has 0 atom stereocenters. The minimum absolute atomic E-state index is 0.109. The van der Waals surface area contributed by atoms with Gasteiger partial charge in [-0.1, -0.05) is 0 Å². The molecule has 30 heavy (non-hydrogen) atoms. The average Bonchev–Trinajstić information content (AvgIpc) is 3.27. The van der Waals surface area contributed by atoms with Gasteiger partial charge in [-0.05, 0) is 49.5 Å². The van der Waals surface area contributed by atoms with Crippen LogP contribution < -0.4 is 15.8 Å². The summed E-state index contributed by atoms with van der Waals surface area (Å²) in [5.74, 6) is 0.625. The number of hydrogen-bond acceptors (Lipinski definition) is 6. The molecule has 1 aliphatic carbocycles. The minimum atomic E-state index is -0.109. The van der Waals surface area contributed by atoms with Gasteiger partial charge in [-0.2, -0.15) is 0 Å². The molecule has 4 aromatic rings. The van der Waals surface area contributed by atoms with Gasteiger partial charge in [-0.25, -0.2) is 4.98 Å². The SMILES string of the molecule is CN1CCN(c2ccc3nc(-c4c(NC5CC5)c5sccc5[nH]c4=O)[nH]c3c2)CC1. The number of imidazole rings is 1. The Labute approximate surface area is 177 Å². The second kappa shape index (κ2) is 6.85. The van der Waals surface area contributed by atoms with Crippen molar-refractivity contribution >= 4 is 44.0 Å². The number of H-pyrrole nitrogens is 2.